The van der Waals surface area contributed by atoms with Crippen LogP contribution in [0.1, 0.15) is 50.8 Å². The molecule has 1 fully saturated rings. The van der Waals surface area contributed by atoms with Crippen LogP contribution in [0.5, 0.6) is 0 Å². The zero-order valence-corrected chi connectivity index (χ0v) is 12.6. The molecule has 2 atom stereocenters. The lowest BCUT2D eigenvalue weighted by molar-refractivity contribution is 0.161. The van der Waals surface area contributed by atoms with Crippen molar-refractivity contribution in [3.8, 4) is 0 Å². The van der Waals surface area contributed by atoms with Gasteiger partial charge in [0, 0.05) is 12.6 Å². The highest BCUT2D eigenvalue weighted by Gasteiger charge is 2.23. The fraction of sp³-hybridized carbons (Fsp3) is 0.688. The highest BCUT2D eigenvalue weighted by molar-refractivity contribution is 5.10. The van der Waals surface area contributed by atoms with Crippen molar-refractivity contribution in [3.63, 3.8) is 0 Å². The number of nitrogens with two attached hydrogens (primary N) is 1. The average molecular weight is 279 g/mol. The molecule has 4 heteroatoms. The average Bonchev–Trinajstić information content (AvgIpc) is 2.48. The third-order valence-electron chi connectivity index (χ3n) is 4.48. The van der Waals surface area contributed by atoms with Gasteiger partial charge in [-0.1, -0.05) is 26.2 Å². The summed E-state index contributed by atoms with van der Waals surface area (Å²) < 4.78 is 12.9. The number of hydrogen-bond donors (Lipinski definition) is 1. The molecule has 0 radical (unpaired) electrons. The summed E-state index contributed by atoms with van der Waals surface area (Å²) in [6.07, 6.45) is 7.90. The minimum atomic E-state index is -0.312. The van der Waals surface area contributed by atoms with Crippen LogP contribution in [0, 0.1) is 11.7 Å². The fourth-order valence-electron chi connectivity index (χ4n) is 3.11. The Labute approximate surface area is 121 Å². The first kappa shape index (κ1) is 15.4. The van der Waals surface area contributed by atoms with Crippen molar-refractivity contribution in [1.29, 1.82) is 0 Å². The molecule has 1 aliphatic rings. The van der Waals surface area contributed by atoms with Crippen molar-refractivity contribution in [1.82, 2.24) is 9.88 Å². The summed E-state index contributed by atoms with van der Waals surface area (Å²) in [5.74, 6) is -0.00665. The zero-order chi connectivity index (χ0) is 14.5. The van der Waals surface area contributed by atoms with E-state index in [0.29, 0.717) is 12.0 Å². The Morgan fingerprint density at radius 2 is 2.05 bits per heavy atom. The third kappa shape index (κ3) is 4.00. The van der Waals surface area contributed by atoms with Gasteiger partial charge in [0.2, 0.25) is 0 Å². The van der Waals surface area contributed by atoms with E-state index < -0.39 is 0 Å². The lowest BCUT2D eigenvalue weighted by Crippen LogP contribution is -2.39. The van der Waals surface area contributed by atoms with Crippen molar-refractivity contribution in [2.75, 3.05) is 13.6 Å². The molecule has 0 amide bonds. The molecule has 1 aliphatic carbocycles. The highest BCUT2D eigenvalue weighted by atomic mass is 19.1. The van der Waals surface area contributed by atoms with Gasteiger partial charge in [-0.2, -0.15) is 0 Å². The maximum Gasteiger partial charge on any atom is 0.141 e. The Hall–Kier alpha value is -1.00. The lowest BCUT2D eigenvalue weighted by Gasteiger charge is -2.34. The topological polar surface area (TPSA) is 42.1 Å². The number of nitrogens with zero attached hydrogens (tertiary/aromatic N) is 2. The van der Waals surface area contributed by atoms with Gasteiger partial charge in [0.25, 0.3) is 0 Å². The van der Waals surface area contributed by atoms with Gasteiger partial charge in [-0.3, -0.25) is 4.98 Å². The van der Waals surface area contributed by atoms with Gasteiger partial charge in [-0.05, 0) is 37.9 Å². The Morgan fingerprint density at radius 3 is 2.65 bits per heavy atom. The Kier molecular flexibility index (Phi) is 5.49. The summed E-state index contributed by atoms with van der Waals surface area (Å²) in [5, 5.41) is 0. The maximum atomic E-state index is 12.9. The monoisotopic (exact) mass is 279 g/mol. The zero-order valence-electron chi connectivity index (χ0n) is 12.6. The van der Waals surface area contributed by atoms with E-state index in [1.54, 1.807) is 6.07 Å². The predicted molar refractivity (Wildman–Crippen MR) is 79.8 cm³/mol. The predicted octanol–water partition coefficient (Wildman–Crippen LogP) is 3.12. The van der Waals surface area contributed by atoms with E-state index in [1.165, 1.54) is 44.4 Å². The molecule has 112 valence electrons. The molecule has 0 spiro atoms. The van der Waals surface area contributed by atoms with Gasteiger partial charge in [0.05, 0.1) is 17.9 Å². The minimum absolute atomic E-state index is 0.137. The molecule has 1 saturated carbocycles. The second kappa shape index (κ2) is 7.14. The molecule has 3 nitrogen and oxygen atoms in total. The van der Waals surface area contributed by atoms with Gasteiger partial charge in [0.1, 0.15) is 5.82 Å². The Balaban J connectivity index is 1.89. The van der Waals surface area contributed by atoms with Crippen LogP contribution in [0.2, 0.25) is 0 Å². The number of hydrogen-bond acceptors (Lipinski definition) is 3. The standard InChI is InChI=1S/C16H26FN3/c1-12(11-20(2)14-6-4-3-5-7-14)16(18)15-9-8-13(17)10-19-15/h8-10,12,14,16H,3-7,11,18H2,1-2H3. The largest absolute Gasteiger partial charge is 0.322 e. The molecule has 0 aromatic carbocycles. The minimum Gasteiger partial charge on any atom is -0.322 e. The van der Waals surface area contributed by atoms with E-state index in [9.17, 15) is 4.39 Å². The molecular weight excluding hydrogens is 253 g/mol. The van der Waals surface area contributed by atoms with Crippen molar-refractivity contribution in [3.05, 3.63) is 29.8 Å². The normalized spacial score (nSPS) is 20.1. The quantitative estimate of drug-likeness (QED) is 0.900. The van der Waals surface area contributed by atoms with E-state index in [1.807, 2.05) is 0 Å². The van der Waals surface area contributed by atoms with E-state index in [2.05, 4.69) is 23.9 Å². The van der Waals surface area contributed by atoms with Crippen LogP contribution in [0.3, 0.4) is 0 Å². The van der Waals surface area contributed by atoms with Crippen LogP contribution in [0.4, 0.5) is 4.39 Å². The van der Waals surface area contributed by atoms with Crippen LogP contribution in [-0.4, -0.2) is 29.5 Å². The van der Waals surface area contributed by atoms with E-state index in [4.69, 9.17) is 5.73 Å². The molecule has 1 aromatic heterocycles. The Morgan fingerprint density at radius 1 is 1.35 bits per heavy atom. The summed E-state index contributed by atoms with van der Waals surface area (Å²) in [7, 11) is 2.19. The molecule has 20 heavy (non-hydrogen) atoms. The molecule has 0 saturated heterocycles. The van der Waals surface area contributed by atoms with Crippen LogP contribution in [-0.2, 0) is 0 Å². The molecule has 2 rings (SSSR count). The maximum absolute atomic E-state index is 12.9. The van der Waals surface area contributed by atoms with Gasteiger partial charge in [0.15, 0.2) is 0 Å². The van der Waals surface area contributed by atoms with Gasteiger partial charge in [-0.15, -0.1) is 0 Å². The molecule has 0 bridgehead atoms. The van der Waals surface area contributed by atoms with Crippen molar-refractivity contribution in [2.45, 2.75) is 51.1 Å². The van der Waals surface area contributed by atoms with E-state index in [0.717, 1.165) is 12.2 Å². The fourth-order valence-corrected chi connectivity index (χ4v) is 3.11. The van der Waals surface area contributed by atoms with Crippen LogP contribution < -0.4 is 5.73 Å². The second-order valence-electron chi connectivity index (χ2n) is 6.14. The molecule has 1 aromatic rings. The summed E-state index contributed by atoms with van der Waals surface area (Å²) >= 11 is 0. The molecule has 2 unspecified atom stereocenters. The first-order chi connectivity index (χ1) is 9.58. The highest BCUT2D eigenvalue weighted by Crippen LogP contribution is 2.24. The van der Waals surface area contributed by atoms with E-state index in [-0.39, 0.29) is 11.9 Å². The molecule has 0 aliphatic heterocycles. The van der Waals surface area contributed by atoms with E-state index >= 15 is 0 Å². The van der Waals surface area contributed by atoms with Gasteiger partial charge < -0.3 is 10.6 Å². The molecular formula is C16H26FN3. The van der Waals surface area contributed by atoms with Crippen LogP contribution in [0.15, 0.2) is 18.3 Å². The summed E-state index contributed by atoms with van der Waals surface area (Å²) in [6.45, 7) is 3.11. The van der Waals surface area contributed by atoms with Crippen molar-refractivity contribution in [2.24, 2.45) is 11.7 Å². The Bertz CT molecular complexity index is 401. The van der Waals surface area contributed by atoms with Gasteiger partial charge in [-0.25, -0.2) is 4.39 Å². The van der Waals surface area contributed by atoms with Crippen molar-refractivity contribution < 1.29 is 4.39 Å². The smallest absolute Gasteiger partial charge is 0.141 e. The number of aromatic nitrogens is 1. The molecule has 2 N–H and O–H groups in total. The summed E-state index contributed by atoms with van der Waals surface area (Å²) in [5.41, 5.74) is 7.03. The van der Waals surface area contributed by atoms with Crippen LogP contribution >= 0.6 is 0 Å². The lowest BCUT2D eigenvalue weighted by atomic mass is 9.92. The second-order valence-corrected chi connectivity index (χ2v) is 6.14. The van der Waals surface area contributed by atoms with Crippen LogP contribution in [0.25, 0.3) is 0 Å². The summed E-state index contributed by atoms with van der Waals surface area (Å²) in [6, 6.07) is 3.68. The number of halogens is 1. The van der Waals surface area contributed by atoms with Gasteiger partial charge >= 0.3 is 0 Å². The SMILES string of the molecule is CC(CN(C)C1CCCCC1)C(N)c1ccc(F)cn1. The van der Waals surface area contributed by atoms with Crippen molar-refractivity contribution >= 4 is 0 Å². The first-order valence-corrected chi connectivity index (χ1v) is 7.65. The summed E-state index contributed by atoms with van der Waals surface area (Å²) in [4.78, 5) is 6.54. The molecule has 1 heterocycles. The number of rotatable bonds is 5. The number of pyridine rings is 1. The first-order valence-electron chi connectivity index (χ1n) is 7.65. The third-order valence-corrected chi connectivity index (χ3v) is 4.48.